The molecule has 0 spiro atoms. The summed E-state index contributed by atoms with van der Waals surface area (Å²) in [7, 11) is 0. The van der Waals surface area contributed by atoms with E-state index < -0.39 is 6.29 Å². The SMILES string of the molecule is CCO[C@@H]1OC(C(=O)NCc2nc3ccccc3[nH]2)=C[C@H](c2ccccc2)[C@@H]1CCOCCOCCO. The van der Waals surface area contributed by atoms with Gasteiger partial charge in [-0.25, -0.2) is 4.98 Å². The molecule has 0 saturated carbocycles. The minimum absolute atomic E-state index is 0.00523. The zero-order valence-corrected chi connectivity index (χ0v) is 21.1. The number of hydrogen-bond donors (Lipinski definition) is 3. The number of nitrogens with zero attached hydrogens (tertiary/aromatic N) is 1. The monoisotopic (exact) mass is 509 g/mol. The molecule has 0 saturated heterocycles. The summed E-state index contributed by atoms with van der Waals surface area (Å²) in [4.78, 5) is 20.9. The summed E-state index contributed by atoms with van der Waals surface area (Å²) in [5.74, 6) is 0.449. The molecule has 9 heteroatoms. The van der Waals surface area contributed by atoms with Crippen molar-refractivity contribution in [1.29, 1.82) is 0 Å². The van der Waals surface area contributed by atoms with E-state index in [-0.39, 0.29) is 36.7 Å². The Hall–Kier alpha value is -3.24. The minimum atomic E-state index is -0.596. The van der Waals surface area contributed by atoms with Crippen LogP contribution in [0.5, 0.6) is 0 Å². The highest BCUT2D eigenvalue weighted by Gasteiger charge is 2.38. The summed E-state index contributed by atoms with van der Waals surface area (Å²) in [6, 6.07) is 17.8. The zero-order chi connectivity index (χ0) is 25.9. The highest BCUT2D eigenvalue weighted by Crippen LogP contribution is 2.38. The van der Waals surface area contributed by atoms with Crippen LogP contribution in [-0.4, -0.2) is 66.9 Å². The number of hydrogen-bond acceptors (Lipinski definition) is 7. The number of aromatic amines is 1. The van der Waals surface area contributed by atoms with Gasteiger partial charge in [-0.05, 0) is 37.1 Å². The molecule has 1 aliphatic heterocycles. The molecule has 37 heavy (non-hydrogen) atoms. The van der Waals surface area contributed by atoms with Crippen LogP contribution in [0.25, 0.3) is 11.0 Å². The Morgan fingerprint density at radius 2 is 1.81 bits per heavy atom. The van der Waals surface area contributed by atoms with Crippen LogP contribution >= 0.6 is 0 Å². The molecule has 1 aliphatic rings. The van der Waals surface area contributed by atoms with Crippen molar-refractivity contribution < 1.29 is 28.8 Å². The van der Waals surface area contributed by atoms with Crippen molar-refractivity contribution >= 4 is 16.9 Å². The smallest absolute Gasteiger partial charge is 0.286 e. The van der Waals surface area contributed by atoms with E-state index in [0.29, 0.717) is 45.3 Å². The van der Waals surface area contributed by atoms with Crippen LogP contribution in [0.3, 0.4) is 0 Å². The Morgan fingerprint density at radius 1 is 1.05 bits per heavy atom. The molecule has 3 aromatic rings. The molecule has 0 fully saturated rings. The highest BCUT2D eigenvalue weighted by molar-refractivity contribution is 5.91. The van der Waals surface area contributed by atoms with Crippen LogP contribution in [0.4, 0.5) is 0 Å². The van der Waals surface area contributed by atoms with Crippen LogP contribution in [0.2, 0.25) is 0 Å². The number of aromatic nitrogens is 2. The van der Waals surface area contributed by atoms with Crippen molar-refractivity contribution in [2.75, 3.05) is 39.6 Å². The Bertz CT molecular complexity index is 1120. The lowest BCUT2D eigenvalue weighted by atomic mass is 9.81. The van der Waals surface area contributed by atoms with Gasteiger partial charge in [-0.15, -0.1) is 0 Å². The van der Waals surface area contributed by atoms with Crippen molar-refractivity contribution in [3.8, 4) is 0 Å². The van der Waals surface area contributed by atoms with Gasteiger partial charge in [0.15, 0.2) is 5.76 Å². The second kappa shape index (κ2) is 13.9. The summed E-state index contributed by atoms with van der Waals surface area (Å²) in [6.45, 7) is 4.26. The van der Waals surface area contributed by atoms with Gasteiger partial charge in [-0.2, -0.15) is 0 Å². The van der Waals surface area contributed by atoms with Crippen molar-refractivity contribution in [2.45, 2.75) is 32.1 Å². The maximum absolute atomic E-state index is 13.1. The van der Waals surface area contributed by atoms with Crippen molar-refractivity contribution in [3.63, 3.8) is 0 Å². The fourth-order valence-corrected chi connectivity index (χ4v) is 4.44. The molecule has 9 nitrogen and oxygen atoms in total. The number of benzene rings is 2. The maximum Gasteiger partial charge on any atom is 0.286 e. The number of carbonyl (C=O) groups excluding carboxylic acids is 1. The van der Waals surface area contributed by atoms with Crippen LogP contribution in [0.15, 0.2) is 66.4 Å². The first-order valence-corrected chi connectivity index (χ1v) is 12.7. The first-order chi connectivity index (χ1) is 18.2. The maximum atomic E-state index is 13.1. The third kappa shape index (κ3) is 7.39. The van der Waals surface area contributed by atoms with Gasteiger partial charge in [-0.1, -0.05) is 42.5 Å². The summed E-state index contributed by atoms with van der Waals surface area (Å²) < 4.78 is 23.1. The number of carbonyl (C=O) groups is 1. The van der Waals surface area contributed by atoms with Gasteiger partial charge in [0.2, 0.25) is 6.29 Å². The number of rotatable bonds is 14. The predicted molar refractivity (Wildman–Crippen MR) is 139 cm³/mol. The molecule has 4 rings (SSSR count). The molecule has 1 amide bonds. The number of amides is 1. The van der Waals surface area contributed by atoms with Gasteiger partial charge in [-0.3, -0.25) is 4.79 Å². The van der Waals surface area contributed by atoms with E-state index >= 15 is 0 Å². The third-order valence-electron chi connectivity index (χ3n) is 6.18. The van der Waals surface area contributed by atoms with E-state index in [1.807, 2.05) is 55.5 Å². The lowest BCUT2D eigenvalue weighted by Crippen LogP contribution is -2.39. The number of ether oxygens (including phenoxy) is 4. The van der Waals surface area contributed by atoms with E-state index in [1.54, 1.807) is 0 Å². The normalized spacial score (nSPS) is 19.4. The van der Waals surface area contributed by atoms with E-state index in [9.17, 15) is 4.79 Å². The number of para-hydroxylation sites is 2. The van der Waals surface area contributed by atoms with Crippen LogP contribution in [0, 0.1) is 5.92 Å². The average molecular weight is 510 g/mol. The first-order valence-electron chi connectivity index (χ1n) is 12.7. The quantitative estimate of drug-likeness (QED) is 0.286. The van der Waals surface area contributed by atoms with E-state index in [4.69, 9.17) is 24.1 Å². The molecule has 0 unspecified atom stereocenters. The van der Waals surface area contributed by atoms with E-state index in [2.05, 4.69) is 27.4 Å². The van der Waals surface area contributed by atoms with Crippen LogP contribution in [-0.2, 0) is 30.3 Å². The fourth-order valence-electron chi connectivity index (χ4n) is 4.44. The van der Waals surface area contributed by atoms with Crippen LogP contribution in [0.1, 0.15) is 30.7 Å². The topological polar surface area (TPSA) is 115 Å². The van der Waals surface area contributed by atoms with Crippen molar-refractivity contribution in [1.82, 2.24) is 15.3 Å². The lowest BCUT2D eigenvalue weighted by molar-refractivity contribution is -0.168. The van der Waals surface area contributed by atoms with Gasteiger partial charge in [0, 0.05) is 25.0 Å². The van der Waals surface area contributed by atoms with Gasteiger partial charge >= 0.3 is 0 Å². The van der Waals surface area contributed by atoms with Gasteiger partial charge in [0.05, 0.1) is 44.0 Å². The number of fused-ring (bicyclic) bond motifs is 1. The van der Waals surface area contributed by atoms with Crippen LogP contribution < -0.4 is 5.32 Å². The number of H-pyrrole nitrogens is 1. The average Bonchev–Trinajstić information content (AvgIpc) is 3.35. The standard InChI is InChI=1S/C28H35N3O6/c1-2-36-28-21(12-14-34-16-17-35-15-13-32)22(20-8-4-3-5-9-20)18-25(37-28)27(33)29-19-26-30-23-10-6-7-11-24(23)31-26/h3-11,18,21-22,28,32H,2,12-17,19H2,1H3,(H,29,33)(H,30,31)/t21-,22+,28+/m0/s1. The zero-order valence-electron chi connectivity index (χ0n) is 21.1. The molecule has 1 aromatic heterocycles. The van der Waals surface area contributed by atoms with E-state index in [1.165, 1.54) is 0 Å². The Morgan fingerprint density at radius 3 is 2.57 bits per heavy atom. The molecule has 0 aliphatic carbocycles. The summed E-state index contributed by atoms with van der Waals surface area (Å²) >= 11 is 0. The molecule has 0 bridgehead atoms. The molecule has 2 heterocycles. The number of allylic oxidation sites excluding steroid dienone is 1. The molecular formula is C28H35N3O6. The summed E-state index contributed by atoms with van der Waals surface area (Å²) in [6.07, 6.45) is 1.96. The third-order valence-corrected chi connectivity index (χ3v) is 6.18. The molecule has 3 atom stereocenters. The van der Waals surface area contributed by atoms with Crippen molar-refractivity contribution in [2.24, 2.45) is 5.92 Å². The summed E-state index contributed by atoms with van der Waals surface area (Å²) in [5, 5.41) is 11.7. The fraction of sp³-hybridized carbons (Fsp3) is 0.429. The second-order valence-corrected chi connectivity index (χ2v) is 8.69. The minimum Gasteiger partial charge on any atom is -0.459 e. The second-order valence-electron chi connectivity index (χ2n) is 8.69. The Balaban J connectivity index is 1.45. The summed E-state index contributed by atoms with van der Waals surface area (Å²) in [5.41, 5.74) is 2.85. The van der Waals surface area contributed by atoms with Gasteiger partial charge < -0.3 is 34.4 Å². The molecule has 198 valence electrons. The molecular weight excluding hydrogens is 474 g/mol. The number of aliphatic hydroxyl groups is 1. The highest BCUT2D eigenvalue weighted by atomic mass is 16.7. The molecule has 3 N–H and O–H groups in total. The molecule has 0 radical (unpaired) electrons. The van der Waals surface area contributed by atoms with E-state index in [0.717, 1.165) is 16.6 Å². The largest absolute Gasteiger partial charge is 0.459 e. The Labute approximate surface area is 216 Å². The van der Waals surface area contributed by atoms with Gasteiger partial charge in [0.25, 0.3) is 5.91 Å². The predicted octanol–water partition coefficient (Wildman–Crippen LogP) is 3.27. The number of aliphatic hydroxyl groups excluding tert-OH is 1. The van der Waals surface area contributed by atoms with Gasteiger partial charge in [0.1, 0.15) is 5.82 Å². The van der Waals surface area contributed by atoms with Crippen molar-refractivity contribution in [3.05, 3.63) is 77.8 Å². The number of imidazole rings is 1. The lowest BCUT2D eigenvalue weighted by Gasteiger charge is -2.37. The Kier molecular flexibility index (Phi) is 10.1. The number of nitrogens with one attached hydrogen (secondary N) is 2. The molecule has 2 aromatic carbocycles. The first kappa shape index (κ1) is 26.8.